The van der Waals surface area contributed by atoms with Crippen LogP contribution < -0.4 is 10.6 Å². The van der Waals surface area contributed by atoms with Gasteiger partial charge in [-0.2, -0.15) is 0 Å². The van der Waals surface area contributed by atoms with E-state index in [1.807, 2.05) is 0 Å². The van der Waals surface area contributed by atoms with Crippen LogP contribution in [0, 0.1) is 5.82 Å². The Morgan fingerprint density at radius 2 is 2.00 bits per heavy atom. The molecule has 0 aliphatic rings. The Labute approximate surface area is 92.6 Å². The third kappa shape index (κ3) is 4.65. The molecule has 1 aromatic carbocycles. The number of carbonyl (C=O) groups excluding carboxylic acids is 1. The summed E-state index contributed by atoms with van der Waals surface area (Å²) in [5.74, 6) is 0.180. The van der Waals surface area contributed by atoms with Gasteiger partial charge in [0.1, 0.15) is 5.82 Å². The van der Waals surface area contributed by atoms with Gasteiger partial charge in [0.05, 0.1) is 0 Å². The highest BCUT2D eigenvalue weighted by Gasteiger charge is 2.00. The molecule has 3 nitrogen and oxygen atoms in total. The van der Waals surface area contributed by atoms with E-state index >= 15 is 0 Å². The Morgan fingerprint density at radius 3 is 2.60 bits per heavy atom. The largest absolute Gasteiger partial charge is 0.338 e. The molecule has 0 aromatic heterocycles. The number of benzene rings is 1. The van der Waals surface area contributed by atoms with E-state index in [1.54, 1.807) is 0 Å². The lowest BCUT2D eigenvalue weighted by Gasteiger charge is -2.06. The monoisotopic (exact) mass is 230 g/mol. The van der Waals surface area contributed by atoms with Crippen molar-refractivity contribution in [1.82, 2.24) is 5.32 Å². The van der Waals surface area contributed by atoms with Crippen LogP contribution in [-0.2, 0) is 0 Å². The molecular weight excluding hydrogens is 219 g/mol. The van der Waals surface area contributed by atoms with Crippen LogP contribution in [-0.4, -0.2) is 18.5 Å². The van der Waals surface area contributed by atoms with E-state index in [1.165, 1.54) is 24.3 Å². The van der Waals surface area contributed by atoms with E-state index in [4.69, 9.17) is 11.6 Å². The predicted octanol–water partition coefficient (Wildman–Crippen LogP) is 2.58. The minimum atomic E-state index is -0.330. The molecule has 0 saturated heterocycles. The maximum atomic E-state index is 12.5. The predicted molar refractivity (Wildman–Crippen MR) is 58.8 cm³/mol. The highest BCUT2D eigenvalue weighted by molar-refractivity contribution is 6.17. The number of hydrogen-bond donors (Lipinski definition) is 2. The van der Waals surface area contributed by atoms with E-state index in [0.717, 1.165) is 6.42 Å². The van der Waals surface area contributed by atoms with Gasteiger partial charge in [0.15, 0.2) is 0 Å². The van der Waals surface area contributed by atoms with Crippen molar-refractivity contribution in [2.24, 2.45) is 0 Å². The van der Waals surface area contributed by atoms with Gasteiger partial charge < -0.3 is 10.6 Å². The summed E-state index contributed by atoms with van der Waals surface area (Å²) in [6.07, 6.45) is 0.721. The molecule has 82 valence electrons. The second kappa shape index (κ2) is 6.24. The summed E-state index contributed by atoms with van der Waals surface area (Å²) in [5.41, 5.74) is 0.555. The molecule has 15 heavy (non-hydrogen) atoms. The number of halogens is 2. The molecule has 0 heterocycles. The maximum absolute atomic E-state index is 12.5. The van der Waals surface area contributed by atoms with E-state index in [0.29, 0.717) is 18.1 Å². The van der Waals surface area contributed by atoms with Gasteiger partial charge in [0, 0.05) is 18.1 Å². The summed E-state index contributed by atoms with van der Waals surface area (Å²) in [6, 6.07) is 5.25. The van der Waals surface area contributed by atoms with Crippen LogP contribution in [0.25, 0.3) is 0 Å². The third-order valence-electron chi connectivity index (χ3n) is 1.70. The van der Waals surface area contributed by atoms with Crippen LogP contribution in [0.1, 0.15) is 6.42 Å². The molecule has 0 spiro atoms. The fourth-order valence-corrected chi connectivity index (χ4v) is 1.11. The molecule has 0 aliphatic heterocycles. The molecule has 2 N–H and O–H groups in total. The van der Waals surface area contributed by atoms with Crippen LogP contribution in [0.5, 0.6) is 0 Å². The summed E-state index contributed by atoms with van der Waals surface area (Å²) in [6.45, 7) is 0.524. The topological polar surface area (TPSA) is 41.1 Å². The first-order valence-corrected chi connectivity index (χ1v) is 5.12. The van der Waals surface area contributed by atoms with Gasteiger partial charge in [-0.15, -0.1) is 11.6 Å². The van der Waals surface area contributed by atoms with Crippen LogP contribution >= 0.6 is 11.6 Å². The molecule has 2 amide bonds. The van der Waals surface area contributed by atoms with Gasteiger partial charge in [-0.1, -0.05) is 0 Å². The Morgan fingerprint density at radius 1 is 1.33 bits per heavy atom. The van der Waals surface area contributed by atoms with Gasteiger partial charge in [0.2, 0.25) is 0 Å². The number of rotatable bonds is 4. The number of nitrogens with one attached hydrogen (secondary N) is 2. The standard InChI is InChI=1S/C10H12ClFN2O/c11-6-1-7-13-10(15)14-9-4-2-8(12)3-5-9/h2-5H,1,6-7H2,(H2,13,14,15). The number of carbonyl (C=O) groups is 1. The molecule has 0 radical (unpaired) electrons. The lowest BCUT2D eigenvalue weighted by molar-refractivity contribution is 0.252. The first kappa shape index (κ1) is 11.8. The second-order valence-electron chi connectivity index (χ2n) is 2.93. The SMILES string of the molecule is O=C(NCCCCl)Nc1ccc(F)cc1. The molecular formula is C10H12ClFN2O. The zero-order valence-electron chi connectivity index (χ0n) is 8.09. The van der Waals surface area contributed by atoms with Crippen molar-refractivity contribution < 1.29 is 9.18 Å². The van der Waals surface area contributed by atoms with Crippen molar-refractivity contribution in [3.63, 3.8) is 0 Å². The van der Waals surface area contributed by atoms with Crippen LogP contribution in [0.2, 0.25) is 0 Å². The molecule has 0 fully saturated rings. The van der Waals surface area contributed by atoms with Crippen LogP contribution in [0.3, 0.4) is 0 Å². The number of anilines is 1. The summed E-state index contributed by atoms with van der Waals surface area (Å²) >= 11 is 5.45. The number of alkyl halides is 1. The first-order chi connectivity index (χ1) is 7.22. The first-order valence-electron chi connectivity index (χ1n) is 4.59. The minimum Gasteiger partial charge on any atom is -0.338 e. The summed E-state index contributed by atoms with van der Waals surface area (Å²) in [7, 11) is 0. The Bertz CT molecular complexity index is 316. The number of urea groups is 1. The molecule has 1 rings (SSSR count). The average molecular weight is 231 g/mol. The summed E-state index contributed by atoms with van der Waals surface area (Å²) in [5, 5.41) is 5.19. The van der Waals surface area contributed by atoms with E-state index < -0.39 is 0 Å². The summed E-state index contributed by atoms with van der Waals surface area (Å²) < 4.78 is 12.5. The Kier molecular flexibility index (Phi) is 4.90. The van der Waals surface area contributed by atoms with Gasteiger partial charge in [0.25, 0.3) is 0 Å². The average Bonchev–Trinajstić information content (AvgIpc) is 2.22. The second-order valence-corrected chi connectivity index (χ2v) is 3.31. The summed E-state index contributed by atoms with van der Waals surface area (Å²) in [4.78, 5) is 11.2. The van der Waals surface area contributed by atoms with E-state index in [-0.39, 0.29) is 11.8 Å². The Balaban J connectivity index is 2.34. The normalized spacial score (nSPS) is 9.73. The van der Waals surface area contributed by atoms with Crippen molar-refractivity contribution in [2.45, 2.75) is 6.42 Å². The number of hydrogen-bond acceptors (Lipinski definition) is 1. The third-order valence-corrected chi connectivity index (χ3v) is 1.97. The lowest BCUT2D eigenvalue weighted by atomic mass is 10.3. The Hall–Kier alpha value is -1.29. The van der Waals surface area contributed by atoms with Crippen molar-refractivity contribution in [1.29, 1.82) is 0 Å². The van der Waals surface area contributed by atoms with Gasteiger partial charge in [-0.25, -0.2) is 9.18 Å². The molecule has 1 aromatic rings. The maximum Gasteiger partial charge on any atom is 0.319 e. The van der Waals surface area contributed by atoms with Crippen molar-refractivity contribution in [2.75, 3.05) is 17.7 Å². The molecule has 5 heteroatoms. The minimum absolute atomic E-state index is 0.313. The number of amides is 2. The fourth-order valence-electron chi connectivity index (χ4n) is 0.977. The molecule has 0 bridgehead atoms. The zero-order valence-corrected chi connectivity index (χ0v) is 8.85. The quantitative estimate of drug-likeness (QED) is 0.606. The van der Waals surface area contributed by atoms with E-state index in [2.05, 4.69) is 10.6 Å². The molecule has 0 saturated carbocycles. The molecule has 0 unspecified atom stereocenters. The van der Waals surface area contributed by atoms with Gasteiger partial charge in [-0.3, -0.25) is 0 Å². The smallest absolute Gasteiger partial charge is 0.319 e. The van der Waals surface area contributed by atoms with Gasteiger partial charge in [-0.05, 0) is 30.7 Å². The zero-order chi connectivity index (χ0) is 11.1. The van der Waals surface area contributed by atoms with Crippen molar-refractivity contribution in [3.8, 4) is 0 Å². The van der Waals surface area contributed by atoms with Crippen LogP contribution in [0.15, 0.2) is 24.3 Å². The highest BCUT2D eigenvalue weighted by Crippen LogP contribution is 2.07. The molecule has 0 aliphatic carbocycles. The van der Waals surface area contributed by atoms with Gasteiger partial charge >= 0.3 is 6.03 Å². The van der Waals surface area contributed by atoms with Crippen molar-refractivity contribution >= 4 is 23.3 Å². The highest BCUT2D eigenvalue weighted by atomic mass is 35.5. The fraction of sp³-hybridized carbons (Fsp3) is 0.300. The van der Waals surface area contributed by atoms with E-state index in [9.17, 15) is 9.18 Å². The van der Waals surface area contributed by atoms with Crippen molar-refractivity contribution in [3.05, 3.63) is 30.1 Å². The molecule has 0 atom stereocenters. The van der Waals surface area contributed by atoms with Crippen LogP contribution in [0.4, 0.5) is 14.9 Å². The lowest BCUT2D eigenvalue weighted by Crippen LogP contribution is -2.29.